The van der Waals surface area contributed by atoms with Crippen LogP contribution in [0.4, 0.5) is 31.5 Å². The van der Waals surface area contributed by atoms with E-state index in [-0.39, 0.29) is 23.0 Å². The summed E-state index contributed by atoms with van der Waals surface area (Å²) < 4.78 is 45.9. The summed E-state index contributed by atoms with van der Waals surface area (Å²) in [4.78, 5) is 26.1. The number of hydrogen-bond acceptors (Lipinski definition) is 9. The van der Waals surface area contributed by atoms with E-state index in [1.807, 2.05) is 48.6 Å². The van der Waals surface area contributed by atoms with Gasteiger partial charge in [0, 0.05) is 53.8 Å². The summed E-state index contributed by atoms with van der Waals surface area (Å²) in [6, 6.07) is 36.7. The number of fused-ring (bicyclic) bond motifs is 4. The van der Waals surface area contributed by atoms with Crippen molar-refractivity contribution < 1.29 is 32.8 Å². The van der Waals surface area contributed by atoms with Gasteiger partial charge in [0.05, 0.1) is 33.9 Å². The maximum Gasteiger partial charge on any atom is 0.274 e. The van der Waals surface area contributed by atoms with Gasteiger partial charge in [0.25, 0.3) is 11.4 Å². The van der Waals surface area contributed by atoms with Crippen molar-refractivity contribution >= 4 is 34.9 Å². The maximum atomic E-state index is 13.5. The number of rotatable bonds is 7. The van der Waals surface area contributed by atoms with Crippen molar-refractivity contribution in [2.75, 3.05) is 16.9 Å². The number of methoxy groups -OCH3 is 1. The van der Waals surface area contributed by atoms with Crippen molar-refractivity contribution in [3.05, 3.63) is 205 Å². The molecule has 324 valence electrons. The lowest BCUT2D eigenvalue weighted by Gasteiger charge is -2.47. The summed E-state index contributed by atoms with van der Waals surface area (Å²) in [5.41, 5.74) is 4.77. The molecular weight excluding hydrogens is 819 g/mol. The highest BCUT2D eigenvalue weighted by molar-refractivity contribution is 5.76. The molecule has 4 aliphatic rings. The Balaban J connectivity index is 0.000000162. The molecule has 2 spiro atoms. The largest absolute Gasteiger partial charge is 0.493 e. The first kappa shape index (κ1) is 41.8. The normalized spacial score (nSPS) is 20.0. The van der Waals surface area contributed by atoms with Crippen molar-refractivity contribution in [3.8, 4) is 17.2 Å². The molecule has 4 heterocycles. The Labute approximate surface area is 368 Å². The summed E-state index contributed by atoms with van der Waals surface area (Å²) >= 11 is 0. The van der Waals surface area contributed by atoms with Gasteiger partial charge in [0.15, 0.2) is 11.5 Å². The smallest absolute Gasteiger partial charge is 0.274 e. The number of anilines is 2. The van der Waals surface area contributed by atoms with Crippen LogP contribution in [0, 0.1) is 31.9 Å². The second-order valence-corrected chi connectivity index (χ2v) is 17.3. The fourth-order valence-corrected chi connectivity index (χ4v) is 9.57. The summed E-state index contributed by atoms with van der Waals surface area (Å²) in [7, 11) is 1.47. The number of halogens is 2. The monoisotopic (exact) mass is 862 g/mol. The zero-order chi connectivity index (χ0) is 45.2. The van der Waals surface area contributed by atoms with Crippen molar-refractivity contribution in [1.82, 2.24) is 0 Å². The van der Waals surface area contributed by atoms with E-state index in [0.29, 0.717) is 41.5 Å². The number of ether oxygens (including phenoxy) is 3. The molecule has 6 aromatic carbocycles. The molecule has 13 heteroatoms. The number of nitro benzene ring substituents is 2. The van der Waals surface area contributed by atoms with Crippen LogP contribution >= 0.6 is 0 Å². The predicted octanol–water partition coefficient (Wildman–Crippen LogP) is 11.7. The fourth-order valence-electron chi connectivity index (χ4n) is 9.57. The minimum atomic E-state index is -0.929. The zero-order valence-corrected chi connectivity index (χ0v) is 35.8. The maximum absolute atomic E-state index is 13.5. The molecule has 0 fully saturated rings. The van der Waals surface area contributed by atoms with E-state index in [2.05, 4.69) is 61.8 Å². The Morgan fingerprint density at radius 3 is 1.56 bits per heavy atom. The molecule has 0 amide bonds. The highest BCUT2D eigenvalue weighted by atomic mass is 19.1. The lowest BCUT2D eigenvalue weighted by Crippen LogP contribution is -2.59. The summed E-state index contributed by atoms with van der Waals surface area (Å²) in [5.74, 6) is 0.791. The van der Waals surface area contributed by atoms with Gasteiger partial charge in [-0.05, 0) is 117 Å². The molecule has 2 unspecified atom stereocenters. The van der Waals surface area contributed by atoms with Crippen LogP contribution in [0.1, 0.15) is 61.1 Å². The van der Waals surface area contributed by atoms with E-state index in [1.54, 1.807) is 30.3 Å². The topological polar surface area (TPSA) is 120 Å². The first-order valence-electron chi connectivity index (χ1n) is 20.7. The Kier molecular flexibility index (Phi) is 10.0. The highest BCUT2D eigenvalue weighted by Gasteiger charge is 2.60. The van der Waals surface area contributed by atoms with E-state index in [1.165, 1.54) is 55.6 Å². The number of non-ortho nitro benzene ring substituents is 2. The Hall–Kier alpha value is -7.54. The van der Waals surface area contributed by atoms with Crippen LogP contribution in [0.2, 0.25) is 0 Å². The summed E-state index contributed by atoms with van der Waals surface area (Å²) in [6.45, 7) is 9.50. The quantitative estimate of drug-likeness (QED) is 0.114. The second-order valence-electron chi connectivity index (χ2n) is 17.3. The average Bonchev–Trinajstić information content (AvgIpc) is 3.57. The zero-order valence-electron chi connectivity index (χ0n) is 35.8. The van der Waals surface area contributed by atoms with Crippen molar-refractivity contribution in [3.63, 3.8) is 0 Å². The number of nitro groups is 2. The average molecular weight is 863 g/mol. The summed E-state index contributed by atoms with van der Waals surface area (Å²) in [5, 5.41) is 22.6. The molecule has 0 aromatic heterocycles. The van der Waals surface area contributed by atoms with Gasteiger partial charge in [-0.2, -0.15) is 0 Å². The third kappa shape index (κ3) is 6.61. The highest BCUT2D eigenvalue weighted by Crippen LogP contribution is 2.58. The Morgan fingerprint density at radius 1 is 0.594 bits per heavy atom. The van der Waals surface area contributed by atoms with Gasteiger partial charge in [-0.1, -0.05) is 60.7 Å². The number of hydrogen-bond donors (Lipinski definition) is 0. The molecule has 0 radical (unpaired) electrons. The minimum absolute atomic E-state index is 0.0279. The summed E-state index contributed by atoms with van der Waals surface area (Å²) in [6.07, 6.45) is 7.71. The third-order valence-electron chi connectivity index (χ3n) is 13.0. The minimum Gasteiger partial charge on any atom is -0.493 e. The van der Waals surface area contributed by atoms with Crippen LogP contribution in [0.3, 0.4) is 0 Å². The number of para-hydroxylation sites is 2. The molecule has 10 rings (SSSR count). The van der Waals surface area contributed by atoms with E-state index in [9.17, 15) is 29.0 Å². The van der Waals surface area contributed by atoms with Crippen LogP contribution in [-0.4, -0.2) is 28.4 Å². The van der Waals surface area contributed by atoms with Crippen molar-refractivity contribution in [2.45, 2.75) is 63.1 Å². The van der Waals surface area contributed by atoms with E-state index < -0.39 is 32.1 Å². The van der Waals surface area contributed by atoms with Gasteiger partial charge in [0.1, 0.15) is 17.4 Å². The molecule has 0 saturated heterocycles. The van der Waals surface area contributed by atoms with Gasteiger partial charge in [-0.15, -0.1) is 0 Å². The van der Waals surface area contributed by atoms with Crippen molar-refractivity contribution in [1.29, 1.82) is 0 Å². The van der Waals surface area contributed by atoms with E-state index in [0.717, 1.165) is 33.6 Å². The standard InChI is InChI=1S/C26H23FN2O4.C25H21FN2O3/c1-25(2)21-6-4-5-7-22(21)28(16-17-8-10-19(27)11-9-17)26(25)13-12-18-14-20(29(30)31)15-23(32-3)24(18)33-26;1-24(2)21-5-3-4-6-22(21)27(16-17-7-9-19(26)10-8-17)25(24)14-13-18-15-20(28(29)30)11-12-23(18)31-25/h4-15H,16H2,1-3H3;3-15H,16H2,1-2H3. The first-order chi connectivity index (χ1) is 30.6. The molecule has 11 nitrogen and oxygen atoms in total. The predicted molar refractivity (Wildman–Crippen MR) is 242 cm³/mol. The van der Waals surface area contributed by atoms with Crippen molar-refractivity contribution in [2.24, 2.45) is 0 Å². The van der Waals surface area contributed by atoms with Crippen LogP contribution in [0.5, 0.6) is 17.2 Å². The molecule has 2 atom stereocenters. The molecular formula is C51H44F2N4O7. The lowest BCUT2D eigenvalue weighted by molar-refractivity contribution is -0.385. The third-order valence-corrected chi connectivity index (χ3v) is 13.0. The SMILES string of the molecule is CC1(C)c2ccccc2N(Cc2ccc(F)cc2)C12C=Cc1cc([N+](=O)[O-])ccc1O2.COc1cc([N+](=O)[O-])cc2c1OC1(C=C2)N(Cc2ccc(F)cc2)c2ccccc2C1(C)C. The second kappa shape index (κ2) is 15.4. The van der Waals surface area contributed by atoms with Gasteiger partial charge in [0.2, 0.25) is 11.4 Å². The molecule has 0 N–H and O–H groups in total. The van der Waals surface area contributed by atoms with E-state index in [4.69, 9.17) is 14.2 Å². The van der Waals surface area contributed by atoms with Gasteiger partial charge in [-0.25, -0.2) is 8.78 Å². The van der Waals surface area contributed by atoms with Gasteiger partial charge >= 0.3 is 0 Å². The molecule has 0 aliphatic carbocycles. The Morgan fingerprint density at radius 2 is 1.06 bits per heavy atom. The van der Waals surface area contributed by atoms with Crippen LogP contribution < -0.4 is 24.0 Å². The van der Waals surface area contributed by atoms with Gasteiger partial charge in [-0.3, -0.25) is 20.2 Å². The Bertz CT molecular complexity index is 2900. The molecule has 64 heavy (non-hydrogen) atoms. The van der Waals surface area contributed by atoms with Crippen LogP contribution in [0.25, 0.3) is 12.2 Å². The fraction of sp³-hybridized carbons (Fsp3) is 0.216. The van der Waals surface area contributed by atoms with Gasteiger partial charge < -0.3 is 24.0 Å². The lowest BCUT2D eigenvalue weighted by atomic mass is 9.76. The van der Waals surface area contributed by atoms with E-state index >= 15 is 0 Å². The van der Waals surface area contributed by atoms with Crippen LogP contribution in [-0.2, 0) is 23.9 Å². The number of nitrogens with zero attached hydrogens (tertiary/aromatic N) is 4. The molecule has 4 aliphatic heterocycles. The molecule has 6 aromatic rings. The van der Waals surface area contributed by atoms with Crippen LogP contribution in [0.15, 0.2) is 140 Å². The molecule has 0 bridgehead atoms. The number of benzene rings is 6. The first-order valence-corrected chi connectivity index (χ1v) is 20.7. The molecule has 0 saturated carbocycles.